The van der Waals surface area contributed by atoms with Crippen molar-refractivity contribution in [3.05, 3.63) is 30.7 Å². The van der Waals surface area contributed by atoms with Gasteiger partial charge in [0, 0.05) is 43.3 Å². The fourth-order valence-corrected chi connectivity index (χ4v) is 3.52. The molecule has 0 bridgehead atoms. The van der Waals surface area contributed by atoms with E-state index in [4.69, 9.17) is 5.73 Å². The fraction of sp³-hybridized carbons (Fsp3) is 0.389. The third-order valence-electron chi connectivity index (χ3n) is 4.71. The molecule has 0 spiro atoms. The summed E-state index contributed by atoms with van der Waals surface area (Å²) < 4.78 is 0. The van der Waals surface area contributed by atoms with E-state index in [0.29, 0.717) is 6.04 Å². The lowest BCUT2D eigenvalue weighted by Crippen LogP contribution is -2.33. The number of nitrogens with two attached hydrogens (primary N) is 1. The second-order valence-electron chi connectivity index (χ2n) is 6.44. The lowest BCUT2D eigenvalue weighted by atomic mass is 10.1. The number of nitrogens with one attached hydrogen (secondary N) is 2. The van der Waals surface area contributed by atoms with Crippen LogP contribution >= 0.6 is 0 Å². The van der Waals surface area contributed by atoms with Crippen LogP contribution in [-0.4, -0.2) is 45.6 Å². The molecule has 1 aliphatic heterocycles. The van der Waals surface area contributed by atoms with E-state index in [1.54, 1.807) is 6.20 Å². The molecule has 4 rings (SSSR count). The first-order chi connectivity index (χ1) is 12.3. The number of fused-ring (bicyclic) bond motifs is 1. The summed E-state index contributed by atoms with van der Waals surface area (Å²) in [5, 5.41) is 4.72. The molecule has 1 saturated heterocycles. The highest BCUT2D eigenvalue weighted by Gasteiger charge is 2.25. The van der Waals surface area contributed by atoms with Gasteiger partial charge in [0.05, 0.1) is 16.8 Å². The zero-order valence-corrected chi connectivity index (χ0v) is 14.4. The normalized spacial score (nSPS) is 17.5. The van der Waals surface area contributed by atoms with E-state index in [9.17, 15) is 0 Å². The standard InChI is InChI=1S/C18H23N7/c1-2-6-20-12-5-9-25(11-12)15-4-8-21-17-16(15)13(10-23-17)14-3-7-22-18(19)24-14/h3-4,7-8,10,12,20H,2,5-6,9,11H2,1H3,(H,21,23)(H2,19,22,24)/t12-/m0/s1. The highest BCUT2D eigenvalue weighted by molar-refractivity contribution is 6.02. The lowest BCUT2D eigenvalue weighted by molar-refractivity contribution is 0.549. The highest BCUT2D eigenvalue weighted by atomic mass is 15.2. The van der Waals surface area contributed by atoms with Crippen molar-refractivity contribution < 1.29 is 0 Å². The number of nitrogen functional groups attached to an aromatic ring is 1. The van der Waals surface area contributed by atoms with Crippen LogP contribution in [0.2, 0.25) is 0 Å². The van der Waals surface area contributed by atoms with Crippen molar-refractivity contribution in [2.45, 2.75) is 25.8 Å². The molecular weight excluding hydrogens is 314 g/mol. The number of aromatic amines is 1. The number of rotatable bonds is 5. The van der Waals surface area contributed by atoms with Crippen molar-refractivity contribution in [3.8, 4) is 11.3 Å². The molecule has 1 fully saturated rings. The molecule has 130 valence electrons. The Labute approximate surface area is 146 Å². The van der Waals surface area contributed by atoms with Gasteiger partial charge >= 0.3 is 0 Å². The average molecular weight is 337 g/mol. The number of hydrogen-bond donors (Lipinski definition) is 3. The van der Waals surface area contributed by atoms with Crippen LogP contribution in [0.4, 0.5) is 11.6 Å². The van der Waals surface area contributed by atoms with E-state index in [0.717, 1.165) is 54.8 Å². The van der Waals surface area contributed by atoms with Crippen molar-refractivity contribution in [2.75, 3.05) is 30.3 Å². The van der Waals surface area contributed by atoms with Gasteiger partial charge in [0.25, 0.3) is 0 Å². The van der Waals surface area contributed by atoms with Gasteiger partial charge in [0.2, 0.25) is 5.95 Å². The van der Waals surface area contributed by atoms with Gasteiger partial charge in [0.15, 0.2) is 0 Å². The Kier molecular flexibility index (Phi) is 4.23. The quantitative estimate of drug-likeness (QED) is 0.660. The van der Waals surface area contributed by atoms with Crippen LogP contribution in [0.25, 0.3) is 22.3 Å². The lowest BCUT2D eigenvalue weighted by Gasteiger charge is -2.20. The van der Waals surface area contributed by atoms with E-state index in [-0.39, 0.29) is 5.95 Å². The van der Waals surface area contributed by atoms with Crippen molar-refractivity contribution in [1.29, 1.82) is 0 Å². The second-order valence-corrected chi connectivity index (χ2v) is 6.44. The van der Waals surface area contributed by atoms with Gasteiger partial charge in [-0.3, -0.25) is 0 Å². The molecule has 4 heterocycles. The molecule has 0 amide bonds. The molecule has 25 heavy (non-hydrogen) atoms. The topological polar surface area (TPSA) is 95.8 Å². The molecule has 7 heteroatoms. The molecule has 3 aromatic heterocycles. The van der Waals surface area contributed by atoms with E-state index < -0.39 is 0 Å². The summed E-state index contributed by atoms with van der Waals surface area (Å²) in [5.74, 6) is 0.280. The number of anilines is 2. The van der Waals surface area contributed by atoms with Gasteiger partial charge in [-0.2, -0.15) is 0 Å². The molecule has 0 aromatic carbocycles. The predicted octanol–water partition coefficient (Wildman–Crippen LogP) is 2.18. The minimum absolute atomic E-state index is 0.280. The van der Waals surface area contributed by atoms with Crippen LogP contribution in [0.3, 0.4) is 0 Å². The Morgan fingerprint density at radius 1 is 1.32 bits per heavy atom. The third-order valence-corrected chi connectivity index (χ3v) is 4.71. The number of nitrogens with zero attached hydrogens (tertiary/aromatic N) is 4. The Morgan fingerprint density at radius 3 is 3.04 bits per heavy atom. The van der Waals surface area contributed by atoms with E-state index in [1.165, 1.54) is 5.69 Å². The molecule has 0 saturated carbocycles. The predicted molar refractivity (Wildman–Crippen MR) is 100 cm³/mol. The Hall–Kier alpha value is -2.67. The molecule has 4 N–H and O–H groups in total. The number of aromatic nitrogens is 4. The largest absolute Gasteiger partial charge is 0.369 e. The zero-order valence-electron chi connectivity index (χ0n) is 14.4. The van der Waals surface area contributed by atoms with Gasteiger partial charge in [0.1, 0.15) is 5.65 Å². The number of H-pyrrole nitrogens is 1. The van der Waals surface area contributed by atoms with Crippen LogP contribution in [-0.2, 0) is 0 Å². The van der Waals surface area contributed by atoms with Crippen LogP contribution in [0.15, 0.2) is 30.7 Å². The van der Waals surface area contributed by atoms with E-state index in [2.05, 4.69) is 43.1 Å². The fourth-order valence-electron chi connectivity index (χ4n) is 3.52. The molecule has 0 radical (unpaired) electrons. The summed E-state index contributed by atoms with van der Waals surface area (Å²) in [5.41, 5.74) is 9.65. The van der Waals surface area contributed by atoms with Crippen molar-refractivity contribution >= 4 is 22.7 Å². The molecule has 0 aliphatic carbocycles. The van der Waals surface area contributed by atoms with Gasteiger partial charge in [-0.05, 0) is 31.5 Å². The summed E-state index contributed by atoms with van der Waals surface area (Å²) in [4.78, 5) is 18.5. The number of hydrogen-bond acceptors (Lipinski definition) is 6. The van der Waals surface area contributed by atoms with Gasteiger partial charge < -0.3 is 20.9 Å². The third kappa shape index (κ3) is 3.02. The Bertz CT molecular complexity index is 873. The Balaban J connectivity index is 1.72. The van der Waals surface area contributed by atoms with E-state index >= 15 is 0 Å². The van der Waals surface area contributed by atoms with Crippen molar-refractivity contribution in [2.24, 2.45) is 0 Å². The van der Waals surface area contributed by atoms with Crippen LogP contribution in [0.5, 0.6) is 0 Å². The number of pyridine rings is 1. The zero-order chi connectivity index (χ0) is 17.2. The molecule has 0 unspecified atom stereocenters. The maximum absolute atomic E-state index is 5.77. The SMILES string of the molecule is CCCN[C@H]1CCN(c2ccnc3[nH]cc(-c4ccnc(N)n4)c23)C1. The smallest absolute Gasteiger partial charge is 0.220 e. The molecule has 3 aromatic rings. The minimum atomic E-state index is 0.280. The maximum atomic E-state index is 5.77. The monoisotopic (exact) mass is 337 g/mol. The first-order valence-electron chi connectivity index (χ1n) is 8.79. The van der Waals surface area contributed by atoms with Crippen LogP contribution in [0, 0.1) is 0 Å². The molecule has 1 aliphatic rings. The Morgan fingerprint density at radius 2 is 2.20 bits per heavy atom. The summed E-state index contributed by atoms with van der Waals surface area (Å²) >= 11 is 0. The van der Waals surface area contributed by atoms with E-state index in [1.807, 2.05) is 18.5 Å². The van der Waals surface area contributed by atoms with Crippen molar-refractivity contribution in [1.82, 2.24) is 25.3 Å². The van der Waals surface area contributed by atoms with Gasteiger partial charge in [-0.1, -0.05) is 6.92 Å². The molecule has 7 nitrogen and oxygen atoms in total. The highest BCUT2D eigenvalue weighted by Crippen LogP contribution is 2.35. The first-order valence-corrected chi connectivity index (χ1v) is 8.79. The summed E-state index contributed by atoms with van der Waals surface area (Å²) in [6.45, 7) is 5.32. The summed E-state index contributed by atoms with van der Waals surface area (Å²) in [6.07, 6.45) is 7.81. The van der Waals surface area contributed by atoms with Gasteiger partial charge in [-0.25, -0.2) is 15.0 Å². The molecular formula is C18H23N7. The maximum Gasteiger partial charge on any atom is 0.220 e. The van der Waals surface area contributed by atoms with Crippen LogP contribution < -0.4 is 16.0 Å². The van der Waals surface area contributed by atoms with Crippen LogP contribution in [0.1, 0.15) is 19.8 Å². The summed E-state index contributed by atoms with van der Waals surface area (Å²) in [6, 6.07) is 4.51. The molecule has 1 atom stereocenters. The van der Waals surface area contributed by atoms with Crippen molar-refractivity contribution in [3.63, 3.8) is 0 Å². The second kappa shape index (κ2) is 6.68. The average Bonchev–Trinajstić information content (AvgIpc) is 3.27. The first kappa shape index (κ1) is 15.8. The van der Waals surface area contributed by atoms with Gasteiger partial charge in [-0.15, -0.1) is 0 Å². The summed E-state index contributed by atoms with van der Waals surface area (Å²) in [7, 11) is 0. The minimum Gasteiger partial charge on any atom is -0.369 e.